The Hall–Kier alpha value is -2.15. The lowest BCUT2D eigenvalue weighted by atomic mass is 10.1. The van der Waals surface area contributed by atoms with E-state index >= 15 is 0 Å². The third-order valence-electron chi connectivity index (χ3n) is 2.63. The molecule has 1 rings (SSSR count). The number of esters is 1. The Balaban J connectivity index is 2.83. The fourth-order valence-electron chi connectivity index (χ4n) is 1.54. The number of ether oxygens (including phenoxy) is 2. The van der Waals surface area contributed by atoms with Gasteiger partial charge in [-0.2, -0.15) is 0 Å². The Morgan fingerprint density at radius 2 is 2.16 bits per heavy atom. The van der Waals surface area contributed by atoms with Gasteiger partial charge in [0.25, 0.3) is 5.69 Å². The van der Waals surface area contributed by atoms with Crippen molar-refractivity contribution in [2.45, 2.75) is 19.5 Å². The molecule has 0 aliphatic carbocycles. The predicted octanol–water partition coefficient (Wildman–Crippen LogP) is 1.25. The van der Waals surface area contributed by atoms with Gasteiger partial charge in [0.05, 0.1) is 19.1 Å². The Labute approximate surface area is 110 Å². The number of non-ortho nitro benzene ring substituents is 1. The minimum absolute atomic E-state index is 0.0247. The number of nitrogens with one attached hydrogen (secondary N) is 1. The molecule has 0 spiro atoms. The summed E-state index contributed by atoms with van der Waals surface area (Å²) in [6.45, 7) is 1.91. The van der Waals surface area contributed by atoms with E-state index in [9.17, 15) is 14.9 Å². The highest BCUT2D eigenvalue weighted by Gasteiger charge is 2.15. The fraction of sp³-hybridized carbons (Fsp3) is 0.417. The van der Waals surface area contributed by atoms with Crippen molar-refractivity contribution < 1.29 is 19.2 Å². The molecule has 0 bridgehead atoms. The maximum atomic E-state index is 11.2. The molecule has 7 nitrogen and oxygen atoms in total. The summed E-state index contributed by atoms with van der Waals surface area (Å²) in [5, 5.41) is 13.6. The first-order valence-corrected chi connectivity index (χ1v) is 5.62. The van der Waals surface area contributed by atoms with Crippen molar-refractivity contribution in [3.05, 3.63) is 33.9 Å². The van der Waals surface area contributed by atoms with Crippen LogP contribution in [0.3, 0.4) is 0 Å². The lowest BCUT2D eigenvalue weighted by molar-refractivity contribution is -0.384. The summed E-state index contributed by atoms with van der Waals surface area (Å²) >= 11 is 0. The molecule has 0 fully saturated rings. The predicted molar refractivity (Wildman–Crippen MR) is 68.0 cm³/mol. The first kappa shape index (κ1) is 14.9. The zero-order chi connectivity index (χ0) is 14.4. The first-order valence-electron chi connectivity index (χ1n) is 5.62. The highest BCUT2D eigenvalue weighted by atomic mass is 16.6. The number of nitro benzene ring substituents is 1. The van der Waals surface area contributed by atoms with Gasteiger partial charge in [-0.25, -0.2) is 0 Å². The maximum absolute atomic E-state index is 11.2. The van der Waals surface area contributed by atoms with Gasteiger partial charge in [0.1, 0.15) is 11.8 Å². The van der Waals surface area contributed by atoms with Crippen LogP contribution in [0.4, 0.5) is 5.69 Å². The molecule has 1 N–H and O–H groups in total. The minimum Gasteiger partial charge on any atom is -0.496 e. The molecule has 0 saturated heterocycles. The zero-order valence-electron chi connectivity index (χ0n) is 11.0. The molecular formula is C12H16N2O5. The first-order chi connectivity index (χ1) is 8.99. The molecule has 0 aliphatic heterocycles. The Bertz CT molecular complexity index is 475. The molecule has 7 heteroatoms. The van der Waals surface area contributed by atoms with Gasteiger partial charge < -0.3 is 14.8 Å². The summed E-state index contributed by atoms with van der Waals surface area (Å²) in [4.78, 5) is 21.5. The SMILES string of the molecule is COC(=O)C(C)NCc1cc([N+](=O)[O-])ccc1OC. The van der Waals surface area contributed by atoms with E-state index in [1.807, 2.05) is 0 Å². The molecule has 0 aliphatic rings. The number of hydrogen-bond donors (Lipinski definition) is 1. The number of hydrogen-bond acceptors (Lipinski definition) is 6. The van der Waals surface area contributed by atoms with Crippen LogP contribution in [0.25, 0.3) is 0 Å². The number of rotatable bonds is 6. The Morgan fingerprint density at radius 3 is 2.68 bits per heavy atom. The molecule has 1 aromatic carbocycles. The van der Waals surface area contributed by atoms with E-state index in [1.165, 1.54) is 32.4 Å². The lowest BCUT2D eigenvalue weighted by Gasteiger charge is -2.13. The second kappa shape index (κ2) is 6.69. The summed E-state index contributed by atoms with van der Waals surface area (Å²) in [6.07, 6.45) is 0. The van der Waals surface area contributed by atoms with Crippen LogP contribution >= 0.6 is 0 Å². The second-order valence-corrected chi connectivity index (χ2v) is 3.88. The van der Waals surface area contributed by atoms with E-state index in [2.05, 4.69) is 10.1 Å². The van der Waals surface area contributed by atoms with Crippen molar-refractivity contribution in [2.24, 2.45) is 0 Å². The molecule has 0 heterocycles. The number of carbonyl (C=O) groups is 1. The van der Waals surface area contributed by atoms with Crippen molar-refractivity contribution in [2.75, 3.05) is 14.2 Å². The quantitative estimate of drug-likeness (QED) is 0.474. The standard InChI is InChI=1S/C12H16N2O5/c1-8(12(15)19-3)13-7-9-6-10(14(16)17)4-5-11(9)18-2/h4-6,8,13H,7H2,1-3H3. The van der Waals surface area contributed by atoms with Crippen LogP contribution in [0, 0.1) is 10.1 Å². The summed E-state index contributed by atoms with van der Waals surface area (Å²) in [7, 11) is 2.78. The van der Waals surface area contributed by atoms with E-state index in [4.69, 9.17) is 4.74 Å². The van der Waals surface area contributed by atoms with Gasteiger partial charge in [-0.3, -0.25) is 14.9 Å². The van der Waals surface area contributed by atoms with Gasteiger partial charge in [-0.15, -0.1) is 0 Å². The summed E-state index contributed by atoms with van der Waals surface area (Å²) in [5.74, 6) is 0.125. The van der Waals surface area contributed by atoms with Gasteiger partial charge in [-0.1, -0.05) is 0 Å². The molecule has 104 valence electrons. The summed E-state index contributed by atoms with van der Waals surface area (Å²) < 4.78 is 9.70. The van der Waals surface area contributed by atoms with Gasteiger partial charge >= 0.3 is 5.97 Å². The Kier molecular flexibility index (Phi) is 5.25. The van der Waals surface area contributed by atoms with E-state index in [0.29, 0.717) is 11.3 Å². The largest absolute Gasteiger partial charge is 0.496 e. The van der Waals surface area contributed by atoms with Crippen LogP contribution in [0.2, 0.25) is 0 Å². The van der Waals surface area contributed by atoms with Crippen molar-refractivity contribution in [1.29, 1.82) is 0 Å². The van der Waals surface area contributed by atoms with Crippen molar-refractivity contribution in [3.63, 3.8) is 0 Å². The highest BCUT2D eigenvalue weighted by Crippen LogP contribution is 2.23. The maximum Gasteiger partial charge on any atom is 0.322 e. The number of methoxy groups -OCH3 is 2. The van der Waals surface area contributed by atoms with Gasteiger partial charge in [0.15, 0.2) is 0 Å². The molecule has 0 amide bonds. The highest BCUT2D eigenvalue weighted by molar-refractivity contribution is 5.75. The molecule has 19 heavy (non-hydrogen) atoms. The summed E-state index contributed by atoms with van der Waals surface area (Å²) in [6, 6.07) is 3.80. The molecule has 0 radical (unpaired) electrons. The molecule has 0 aromatic heterocycles. The number of carbonyl (C=O) groups excluding carboxylic acids is 1. The number of nitro groups is 1. The topological polar surface area (TPSA) is 90.7 Å². The fourth-order valence-corrected chi connectivity index (χ4v) is 1.54. The van der Waals surface area contributed by atoms with Crippen LogP contribution in [-0.2, 0) is 16.1 Å². The molecule has 0 saturated carbocycles. The zero-order valence-corrected chi connectivity index (χ0v) is 11.0. The Morgan fingerprint density at radius 1 is 1.47 bits per heavy atom. The third kappa shape index (κ3) is 3.92. The minimum atomic E-state index is -0.506. The van der Waals surface area contributed by atoms with Crippen LogP contribution in [-0.4, -0.2) is 31.2 Å². The van der Waals surface area contributed by atoms with Gasteiger partial charge in [-0.05, 0) is 13.0 Å². The summed E-state index contributed by atoms with van der Waals surface area (Å²) in [5.41, 5.74) is 0.579. The van der Waals surface area contributed by atoms with Crippen LogP contribution in [0.1, 0.15) is 12.5 Å². The molecular weight excluding hydrogens is 252 g/mol. The number of benzene rings is 1. The van der Waals surface area contributed by atoms with Crippen LogP contribution < -0.4 is 10.1 Å². The van der Waals surface area contributed by atoms with E-state index in [0.717, 1.165) is 0 Å². The van der Waals surface area contributed by atoms with E-state index in [1.54, 1.807) is 6.92 Å². The van der Waals surface area contributed by atoms with Crippen LogP contribution in [0.5, 0.6) is 5.75 Å². The molecule has 1 atom stereocenters. The molecule has 1 aromatic rings. The van der Waals surface area contributed by atoms with Gasteiger partial charge in [0.2, 0.25) is 0 Å². The normalized spacial score (nSPS) is 11.7. The van der Waals surface area contributed by atoms with Crippen LogP contribution in [0.15, 0.2) is 18.2 Å². The number of nitrogens with zero attached hydrogens (tertiary/aromatic N) is 1. The second-order valence-electron chi connectivity index (χ2n) is 3.88. The lowest BCUT2D eigenvalue weighted by Crippen LogP contribution is -2.34. The van der Waals surface area contributed by atoms with E-state index in [-0.39, 0.29) is 12.2 Å². The van der Waals surface area contributed by atoms with Crippen molar-refractivity contribution in [3.8, 4) is 5.75 Å². The third-order valence-corrected chi connectivity index (χ3v) is 2.63. The average Bonchev–Trinajstić information content (AvgIpc) is 2.43. The smallest absolute Gasteiger partial charge is 0.322 e. The van der Waals surface area contributed by atoms with Crippen molar-refractivity contribution >= 4 is 11.7 Å². The monoisotopic (exact) mass is 268 g/mol. The van der Waals surface area contributed by atoms with Gasteiger partial charge in [0, 0.05) is 24.2 Å². The average molecular weight is 268 g/mol. The molecule has 1 unspecified atom stereocenters. The van der Waals surface area contributed by atoms with Crippen molar-refractivity contribution in [1.82, 2.24) is 5.32 Å². The van der Waals surface area contributed by atoms with E-state index < -0.39 is 16.9 Å².